The summed E-state index contributed by atoms with van der Waals surface area (Å²) in [6.45, 7) is 1.65. The Hall–Kier alpha value is -1.52. The number of carbonyl (C=O) groups is 1. The molecule has 0 radical (unpaired) electrons. The van der Waals surface area contributed by atoms with Gasteiger partial charge in [-0.1, -0.05) is 25.1 Å². The minimum atomic E-state index is -4.44. The van der Waals surface area contributed by atoms with Crippen LogP contribution >= 0.6 is 0 Å². The summed E-state index contributed by atoms with van der Waals surface area (Å²) in [5.41, 5.74) is -0.714. The van der Waals surface area contributed by atoms with Crippen molar-refractivity contribution in [3.63, 3.8) is 0 Å². The van der Waals surface area contributed by atoms with E-state index in [-0.39, 0.29) is 12.0 Å². The van der Waals surface area contributed by atoms with Crippen molar-refractivity contribution < 1.29 is 23.1 Å². The molecule has 0 heterocycles. The predicted molar refractivity (Wildman–Crippen MR) is 56.6 cm³/mol. The zero-order chi connectivity index (χ0) is 13.1. The lowest BCUT2D eigenvalue weighted by Gasteiger charge is -2.15. The second kappa shape index (κ2) is 5.21. The largest absolute Gasteiger partial charge is 0.481 e. The molecule has 0 fully saturated rings. The first kappa shape index (κ1) is 13.5. The second-order valence-corrected chi connectivity index (χ2v) is 3.80. The minimum Gasteiger partial charge on any atom is -0.481 e. The van der Waals surface area contributed by atoms with Crippen LogP contribution in [0.25, 0.3) is 0 Å². The summed E-state index contributed by atoms with van der Waals surface area (Å²) >= 11 is 0. The lowest BCUT2D eigenvalue weighted by atomic mass is 9.93. The summed E-state index contributed by atoms with van der Waals surface area (Å²) in [5, 5.41) is 8.85. The van der Waals surface area contributed by atoms with Crippen LogP contribution in [0.15, 0.2) is 24.3 Å². The lowest BCUT2D eigenvalue weighted by molar-refractivity contribution is -0.143. The molecule has 1 rings (SSSR count). The molecule has 94 valence electrons. The zero-order valence-corrected chi connectivity index (χ0v) is 9.29. The van der Waals surface area contributed by atoms with Gasteiger partial charge in [0.1, 0.15) is 0 Å². The maximum absolute atomic E-state index is 12.7. The van der Waals surface area contributed by atoms with Gasteiger partial charge in [0.05, 0.1) is 11.5 Å². The third kappa shape index (κ3) is 3.47. The van der Waals surface area contributed by atoms with Crippen molar-refractivity contribution in [2.45, 2.75) is 25.9 Å². The fourth-order valence-electron chi connectivity index (χ4n) is 1.65. The predicted octanol–water partition coefficient (Wildman–Crippen LogP) is 3.36. The van der Waals surface area contributed by atoms with E-state index in [1.165, 1.54) is 18.2 Å². The van der Waals surface area contributed by atoms with Gasteiger partial charge in [-0.15, -0.1) is 0 Å². The standard InChI is InChI=1S/C12H13F3O2/c1-2-8(11(16)17)7-9-5-3-4-6-10(9)12(13,14)15/h3-6,8H,2,7H2,1H3,(H,16,17)/t8-/m0/s1. The second-order valence-electron chi connectivity index (χ2n) is 3.80. The van der Waals surface area contributed by atoms with Crippen molar-refractivity contribution in [1.29, 1.82) is 0 Å². The molecule has 0 spiro atoms. The fourth-order valence-corrected chi connectivity index (χ4v) is 1.65. The maximum atomic E-state index is 12.7. The third-order valence-electron chi connectivity index (χ3n) is 2.63. The minimum absolute atomic E-state index is 0.0363. The van der Waals surface area contributed by atoms with Gasteiger partial charge in [-0.2, -0.15) is 13.2 Å². The van der Waals surface area contributed by atoms with E-state index in [0.717, 1.165) is 6.07 Å². The van der Waals surface area contributed by atoms with Gasteiger partial charge in [-0.3, -0.25) is 4.79 Å². The normalized spacial score (nSPS) is 13.4. The van der Waals surface area contributed by atoms with Crippen LogP contribution in [0.3, 0.4) is 0 Å². The molecule has 0 bridgehead atoms. The van der Waals surface area contributed by atoms with Crippen molar-refractivity contribution in [1.82, 2.24) is 0 Å². The number of carboxylic acids is 1. The smallest absolute Gasteiger partial charge is 0.416 e. The molecule has 1 N–H and O–H groups in total. The number of halogens is 3. The first-order valence-corrected chi connectivity index (χ1v) is 5.24. The molecular weight excluding hydrogens is 233 g/mol. The van der Waals surface area contributed by atoms with Gasteiger partial charge in [-0.05, 0) is 24.5 Å². The third-order valence-corrected chi connectivity index (χ3v) is 2.63. The van der Waals surface area contributed by atoms with Gasteiger partial charge < -0.3 is 5.11 Å². The molecule has 2 nitrogen and oxygen atoms in total. The van der Waals surface area contributed by atoms with E-state index in [1.54, 1.807) is 6.92 Å². The van der Waals surface area contributed by atoms with Crippen LogP contribution in [-0.2, 0) is 17.4 Å². The molecule has 1 atom stereocenters. The van der Waals surface area contributed by atoms with E-state index in [2.05, 4.69) is 0 Å². The van der Waals surface area contributed by atoms with Crippen molar-refractivity contribution in [2.75, 3.05) is 0 Å². The summed E-state index contributed by atoms with van der Waals surface area (Å²) in [6, 6.07) is 5.09. The molecule has 0 unspecified atom stereocenters. The Labute approximate surface area is 97.1 Å². The Balaban J connectivity index is 3.02. The van der Waals surface area contributed by atoms with Crippen molar-refractivity contribution in [3.05, 3.63) is 35.4 Å². The summed E-state index contributed by atoms with van der Waals surface area (Å²) in [5.74, 6) is -1.84. The van der Waals surface area contributed by atoms with Crippen LogP contribution in [0.4, 0.5) is 13.2 Å². The topological polar surface area (TPSA) is 37.3 Å². The quantitative estimate of drug-likeness (QED) is 0.884. The Morgan fingerprint density at radius 3 is 2.41 bits per heavy atom. The monoisotopic (exact) mass is 246 g/mol. The molecular formula is C12H13F3O2. The van der Waals surface area contributed by atoms with Crippen LogP contribution in [-0.4, -0.2) is 11.1 Å². The summed E-state index contributed by atoms with van der Waals surface area (Å²) < 4.78 is 38.0. The van der Waals surface area contributed by atoms with E-state index in [4.69, 9.17) is 5.11 Å². The van der Waals surface area contributed by atoms with Crippen molar-refractivity contribution in [2.24, 2.45) is 5.92 Å². The number of alkyl halides is 3. The number of rotatable bonds is 4. The Bertz CT molecular complexity index is 399. The Morgan fingerprint density at radius 2 is 1.94 bits per heavy atom. The highest BCUT2D eigenvalue weighted by Crippen LogP contribution is 2.33. The van der Waals surface area contributed by atoms with Gasteiger partial charge in [0, 0.05) is 0 Å². The average molecular weight is 246 g/mol. The van der Waals surface area contributed by atoms with E-state index in [9.17, 15) is 18.0 Å². The van der Waals surface area contributed by atoms with E-state index >= 15 is 0 Å². The molecule has 17 heavy (non-hydrogen) atoms. The molecule has 5 heteroatoms. The van der Waals surface area contributed by atoms with Gasteiger partial charge in [-0.25, -0.2) is 0 Å². The number of hydrogen-bond acceptors (Lipinski definition) is 1. The maximum Gasteiger partial charge on any atom is 0.416 e. The highest BCUT2D eigenvalue weighted by Gasteiger charge is 2.33. The molecule has 0 aromatic heterocycles. The highest BCUT2D eigenvalue weighted by atomic mass is 19.4. The summed E-state index contributed by atoms with van der Waals surface area (Å²) in [4.78, 5) is 10.8. The molecule has 1 aromatic rings. The first-order valence-electron chi connectivity index (χ1n) is 5.24. The van der Waals surface area contributed by atoms with Crippen molar-refractivity contribution >= 4 is 5.97 Å². The van der Waals surface area contributed by atoms with E-state index < -0.39 is 23.6 Å². The zero-order valence-electron chi connectivity index (χ0n) is 9.29. The van der Waals surface area contributed by atoms with E-state index in [0.29, 0.717) is 6.42 Å². The van der Waals surface area contributed by atoms with Crippen molar-refractivity contribution in [3.8, 4) is 0 Å². The van der Waals surface area contributed by atoms with Gasteiger partial charge in [0.15, 0.2) is 0 Å². The number of benzene rings is 1. The summed E-state index contributed by atoms with van der Waals surface area (Å²) in [7, 11) is 0. The number of aliphatic carboxylic acids is 1. The fraction of sp³-hybridized carbons (Fsp3) is 0.417. The molecule has 0 saturated carbocycles. The molecule has 1 aromatic carbocycles. The van der Waals surface area contributed by atoms with Gasteiger partial charge >= 0.3 is 12.1 Å². The number of hydrogen-bond donors (Lipinski definition) is 1. The highest BCUT2D eigenvalue weighted by molar-refractivity contribution is 5.70. The van der Waals surface area contributed by atoms with Crippen LogP contribution in [0.5, 0.6) is 0 Å². The molecule has 0 aliphatic rings. The Morgan fingerprint density at radius 1 is 1.35 bits per heavy atom. The first-order chi connectivity index (χ1) is 7.86. The SMILES string of the molecule is CC[C@@H](Cc1ccccc1C(F)(F)F)C(=O)O. The van der Waals surface area contributed by atoms with Crippen LogP contribution in [0, 0.1) is 5.92 Å². The summed E-state index contributed by atoms with van der Waals surface area (Å²) in [6.07, 6.45) is -4.23. The van der Waals surface area contributed by atoms with Crippen LogP contribution in [0.2, 0.25) is 0 Å². The molecule has 0 aliphatic carbocycles. The van der Waals surface area contributed by atoms with Gasteiger partial charge in [0.25, 0.3) is 0 Å². The Kier molecular flexibility index (Phi) is 4.15. The van der Waals surface area contributed by atoms with Crippen LogP contribution in [0.1, 0.15) is 24.5 Å². The van der Waals surface area contributed by atoms with E-state index in [1.807, 2.05) is 0 Å². The van der Waals surface area contributed by atoms with Crippen LogP contribution < -0.4 is 0 Å². The molecule has 0 saturated heterocycles. The van der Waals surface area contributed by atoms with Gasteiger partial charge in [0.2, 0.25) is 0 Å². The lowest BCUT2D eigenvalue weighted by Crippen LogP contribution is -2.18. The number of carboxylic acid groups (broad SMARTS) is 1. The molecule has 0 amide bonds. The molecule has 0 aliphatic heterocycles. The average Bonchev–Trinajstić information content (AvgIpc) is 2.24.